The van der Waals surface area contributed by atoms with Crippen LogP contribution < -0.4 is 19.7 Å². The number of carbonyl (C=O) groups is 2. The van der Waals surface area contributed by atoms with Crippen molar-refractivity contribution in [2.45, 2.75) is 32.7 Å². The molecule has 2 amide bonds. The summed E-state index contributed by atoms with van der Waals surface area (Å²) in [5, 5.41) is 2.93. The predicted molar refractivity (Wildman–Crippen MR) is 113 cm³/mol. The van der Waals surface area contributed by atoms with Crippen molar-refractivity contribution in [3.05, 3.63) is 53.6 Å². The third kappa shape index (κ3) is 4.53. The van der Waals surface area contributed by atoms with Crippen LogP contribution in [0.15, 0.2) is 42.5 Å². The van der Waals surface area contributed by atoms with Gasteiger partial charge < -0.3 is 19.7 Å². The Hall–Kier alpha value is -3.02. The molecule has 1 N–H and O–H groups in total. The van der Waals surface area contributed by atoms with E-state index in [1.807, 2.05) is 38.1 Å². The van der Waals surface area contributed by atoms with Gasteiger partial charge >= 0.3 is 0 Å². The Kier molecular flexibility index (Phi) is 6.42. The molecule has 6 heteroatoms. The summed E-state index contributed by atoms with van der Waals surface area (Å²) in [7, 11) is 3.07. The van der Waals surface area contributed by atoms with E-state index in [9.17, 15) is 9.59 Å². The van der Waals surface area contributed by atoms with E-state index < -0.39 is 6.04 Å². The summed E-state index contributed by atoms with van der Waals surface area (Å²) < 4.78 is 10.5. The van der Waals surface area contributed by atoms with Gasteiger partial charge in [-0.1, -0.05) is 32.0 Å². The number of nitrogens with zero attached hydrogens (tertiary/aromatic N) is 1. The number of carbonyl (C=O) groups excluding carboxylic acids is 2. The zero-order valence-electron chi connectivity index (χ0n) is 17.4. The molecule has 2 aromatic rings. The summed E-state index contributed by atoms with van der Waals surface area (Å²) in [6.07, 6.45) is 1.40. The van der Waals surface area contributed by atoms with E-state index in [0.717, 1.165) is 17.7 Å². The molecule has 0 aliphatic carbocycles. The zero-order valence-corrected chi connectivity index (χ0v) is 17.4. The van der Waals surface area contributed by atoms with Crippen LogP contribution in [0.4, 0.5) is 5.69 Å². The maximum Gasteiger partial charge on any atom is 0.252 e. The zero-order chi connectivity index (χ0) is 21.0. The molecule has 154 valence electrons. The minimum Gasteiger partial charge on any atom is -0.493 e. The van der Waals surface area contributed by atoms with Gasteiger partial charge in [-0.15, -0.1) is 0 Å². The average Bonchev–Trinajstić information content (AvgIpc) is 3.15. The molecule has 0 unspecified atom stereocenters. The number of methoxy groups -OCH3 is 2. The van der Waals surface area contributed by atoms with Crippen molar-refractivity contribution >= 4 is 17.5 Å². The molecule has 0 radical (unpaired) electrons. The van der Waals surface area contributed by atoms with Crippen LogP contribution in [-0.4, -0.2) is 38.6 Å². The van der Waals surface area contributed by atoms with Crippen LogP contribution in [0.2, 0.25) is 0 Å². The van der Waals surface area contributed by atoms with Crippen LogP contribution >= 0.6 is 0 Å². The number of nitrogens with one attached hydrogen (secondary N) is 1. The number of hydrogen-bond acceptors (Lipinski definition) is 4. The van der Waals surface area contributed by atoms with E-state index >= 15 is 0 Å². The number of ether oxygens (including phenoxy) is 2. The number of anilines is 1. The van der Waals surface area contributed by atoms with Crippen LogP contribution in [0.3, 0.4) is 0 Å². The van der Waals surface area contributed by atoms with Crippen molar-refractivity contribution in [1.82, 2.24) is 5.32 Å². The topological polar surface area (TPSA) is 67.9 Å². The van der Waals surface area contributed by atoms with Crippen LogP contribution in [-0.2, 0) is 11.2 Å². The van der Waals surface area contributed by atoms with Gasteiger partial charge in [0.05, 0.1) is 14.2 Å². The highest BCUT2D eigenvalue weighted by Gasteiger charge is 2.31. The lowest BCUT2D eigenvalue weighted by Gasteiger charge is -2.26. The van der Waals surface area contributed by atoms with Crippen molar-refractivity contribution in [3.8, 4) is 11.5 Å². The highest BCUT2D eigenvalue weighted by molar-refractivity contribution is 6.03. The van der Waals surface area contributed by atoms with Gasteiger partial charge in [-0.3, -0.25) is 9.59 Å². The fourth-order valence-corrected chi connectivity index (χ4v) is 3.67. The van der Waals surface area contributed by atoms with Gasteiger partial charge in [0.15, 0.2) is 11.5 Å². The quantitative estimate of drug-likeness (QED) is 0.779. The molecule has 2 aromatic carbocycles. The molecule has 0 saturated heterocycles. The molecule has 3 rings (SSSR count). The Labute approximate surface area is 171 Å². The molecule has 0 bridgehead atoms. The van der Waals surface area contributed by atoms with E-state index in [1.165, 1.54) is 7.11 Å². The number of fused-ring (bicyclic) bond motifs is 1. The third-order valence-electron chi connectivity index (χ3n) is 5.11. The van der Waals surface area contributed by atoms with Gasteiger partial charge in [0.1, 0.15) is 6.04 Å². The average molecular weight is 396 g/mol. The summed E-state index contributed by atoms with van der Waals surface area (Å²) in [5.74, 6) is 0.898. The molecule has 0 aromatic heterocycles. The summed E-state index contributed by atoms with van der Waals surface area (Å²) in [4.78, 5) is 28.0. The van der Waals surface area contributed by atoms with Gasteiger partial charge in [0, 0.05) is 17.8 Å². The molecular formula is C23H28N2O4. The molecule has 1 heterocycles. The van der Waals surface area contributed by atoms with Crippen molar-refractivity contribution in [1.29, 1.82) is 0 Å². The Morgan fingerprint density at radius 3 is 2.48 bits per heavy atom. The molecule has 0 saturated carbocycles. The number of benzene rings is 2. The molecule has 0 fully saturated rings. The Morgan fingerprint density at radius 2 is 1.79 bits per heavy atom. The molecule has 0 spiro atoms. The van der Waals surface area contributed by atoms with Gasteiger partial charge in [-0.05, 0) is 48.6 Å². The first-order chi connectivity index (χ1) is 13.9. The largest absolute Gasteiger partial charge is 0.493 e. The molecule has 1 atom stereocenters. The fraction of sp³-hybridized carbons (Fsp3) is 0.391. The van der Waals surface area contributed by atoms with E-state index in [2.05, 4.69) is 5.32 Å². The summed E-state index contributed by atoms with van der Waals surface area (Å²) in [5.41, 5.74) is 2.52. The number of hydrogen-bond donors (Lipinski definition) is 1. The van der Waals surface area contributed by atoms with E-state index in [4.69, 9.17) is 9.47 Å². The predicted octanol–water partition coefficient (Wildman–Crippen LogP) is 3.44. The molecule has 29 heavy (non-hydrogen) atoms. The maximum atomic E-state index is 13.3. The third-order valence-corrected chi connectivity index (χ3v) is 5.11. The second-order valence-corrected chi connectivity index (χ2v) is 7.59. The Bertz CT molecular complexity index is 894. The van der Waals surface area contributed by atoms with Gasteiger partial charge in [0.25, 0.3) is 5.91 Å². The first-order valence-electron chi connectivity index (χ1n) is 9.86. The number of rotatable bonds is 7. The van der Waals surface area contributed by atoms with Gasteiger partial charge in [0.2, 0.25) is 5.91 Å². The van der Waals surface area contributed by atoms with E-state index in [0.29, 0.717) is 30.0 Å². The van der Waals surface area contributed by atoms with Crippen molar-refractivity contribution in [2.24, 2.45) is 5.92 Å². The normalized spacial score (nSPS) is 13.8. The van der Waals surface area contributed by atoms with Crippen molar-refractivity contribution in [3.63, 3.8) is 0 Å². The van der Waals surface area contributed by atoms with Crippen molar-refractivity contribution < 1.29 is 19.1 Å². The fourth-order valence-electron chi connectivity index (χ4n) is 3.67. The lowest BCUT2D eigenvalue weighted by atomic mass is 10.0. The lowest BCUT2D eigenvalue weighted by molar-refractivity contribution is -0.120. The SMILES string of the molecule is COc1ccc(C(=O)N[C@H](CC(C)C)C(=O)N2CCc3ccccc32)cc1OC. The Morgan fingerprint density at radius 1 is 1.07 bits per heavy atom. The second kappa shape index (κ2) is 8.99. The summed E-state index contributed by atoms with van der Waals surface area (Å²) in [6.45, 7) is 4.72. The van der Waals surface area contributed by atoms with Crippen LogP contribution in [0.1, 0.15) is 36.2 Å². The standard InChI is InChI=1S/C23H28N2O4/c1-15(2)13-18(23(27)25-12-11-16-7-5-6-8-19(16)25)24-22(26)17-9-10-20(28-3)21(14-17)29-4/h5-10,14-15,18H,11-13H2,1-4H3,(H,24,26)/t18-/m1/s1. The van der Waals surface area contributed by atoms with Crippen LogP contribution in [0, 0.1) is 5.92 Å². The highest BCUT2D eigenvalue weighted by Crippen LogP contribution is 2.29. The van der Waals surface area contributed by atoms with E-state index in [1.54, 1.807) is 30.2 Å². The molecule has 6 nitrogen and oxygen atoms in total. The summed E-state index contributed by atoms with van der Waals surface area (Å²) in [6, 6.07) is 12.3. The van der Waals surface area contributed by atoms with Gasteiger partial charge in [-0.25, -0.2) is 0 Å². The lowest BCUT2D eigenvalue weighted by Crippen LogP contribution is -2.49. The molecule has 1 aliphatic heterocycles. The van der Waals surface area contributed by atoms with Crippen molar-refractivity contribution in [2.75, 3.05) is 25.7 Å². The minimum absolute atomic E-state index is 0.0718. The smallest absolute Gasteiger partial charge is 0.252 e. The number of para-hydroxylation sites is 1. The monoisotopic (exact) mass is 396 g/mol. The molecular weight excluding hydrogens is 368 g/mol. The Balaban J connectivity index is 1.81. The van der Waals surface area contributed by atoms with Crippen LogP contribution in [0.25, 0.3) is 0 Å². The molecule has 1 aliphatic rings. The minimum atomic E-state index is -0.596. The maximum absolute atomic E-state index is 13.3. The summed E-state index contributed by atoms with van der Waals surface area (Å²) >= 11 is 0. The first-order valence-corrected chi connectivity index (χ1v) is 9.86. The van der Waals surface area contributed by atoms with Crippen LogP contribution in [0.5, 0.6) is 11.5 Å². The van der Waals surface area contributed by atoms with E-state index in [-0.39, 0.29) is 17.7 Å². The highest BCUT2D eigenvalue weighted by atomic mass is 16.5. The number of amides is 2. The second-order valence-electron chi connectivity index (χ2n) is 7.59. The first kappa shape index (κ1) is 20.7. The van der Waals surface area contributed by atoms with Gasteiger partial charge in [-0.2, -0.15) is 0 Å².